The van der Waals surface area contributed by atoms with Crippen LogP contribution in [0.5, 0.6) is 17.2 Å². The number of nitrogens with zero attached hydrogens (tertiary/aromatic N) is 1. The van der Waals surface area contributed by atoms with Crippen LogP contribution in [-0.2, 0) is 6.67 Å². The molecule has 1 aromatic carbocycles. The number of amides is 1. The van der Waals surface area contributed by atoms with Gasteiger partial charge in [-0.25, -0.2) is 9.37 Å². The number of benzene rings is 1. The Balaban J connectivity index is 1.51. The molecule has 1 aliphatic rings. The molecule has 0 aliphatic heterocycles. The molecule has 0 saturated heterocycles. The van der Waals surface area contributed by atoms with E-state index < -0.39 is 12.6 Å². The van der Waals surface area contributed by atoms with Crippen molar-refractivity contribution < 1.29 is 23.8 Å². The number of carbonyl (C=O) groups is 1. The Hall–Kier alpha value is -2.83. The van der Waals surface area contributed by atoms with Gasteiger partial charge in [-0.15, -0.1) is 0 Å². The molecule has 0 unspecified atom stereocenters. The molecule has 0 bridgehead atoms. The van der Waals surface area contributed by atoms with Crippen LogP contribution >= 0.6 is 0 Å². The van der Waals surface area contributed by atoms with E-state index in [1.54, 1.807) is 24.3 Å². The van der Waals surface area contributed by atoms with Crippen LogP contribution in [0, 0.1) is 0 Å². The van der Waals surface area contributed by atoms with Gasteiger partial charge in [-0.1, -0.05) is 12.1 Å². The third kappa shape index (κ3) is 4.67. The smallest absolute Gasteiger partial charge is 0.274 e. The van der Waals surface area contributed by atoms with Crippen molar-refractivity contribution in [3.8, 4) is 17.2 Å². The zero-order valence-corrected chi connectivity index (χ0v) is 15.2. The highest BCUT2D eigenvalue weighted by atomic mass is 19.1. The molecule has 1 aromatic heterocycles. The molecule has 27 heavy (non-hydrogen) atoms. The van der Waals surface area contributed by atoms with Crippen LogP contribution in [0.25, 0.3) is 0 Å². The van der Waals surface area contributed by atoms with Crippen LogP contribution in [0.1, 0.15) is 41.7 Å². The van der Waals surface area contributed by atoms with E-state index in [2.05, 4.69) is 10.3 Å². The largest absolute Gasteiger partial charge is 0.503 e. The first-order valence-electron chi connectivity index (χ1n) is 8.95. The molecule has 1 heterocycles. The van der Waals surface area contributed by atoms with Gasteiger partial charge < -0.3 is 19.9 Å². The molecule has 144 valence electrons. The van der Waals surface area contributed by atoms with E-state index in [0.29, 0.717) is 5.56 Å². The standard InChI is InChI=1S/C20H23FN2O4/c1-26-17-10-11-22-18(19(17)24)20(25)23-14-4-8-16(9-5-14)27-15-6-2-13(12-21)3-7-15/h2-3,6-7,10-11,14,16,24H,4-5,8-9,12H2,1H3,(H,23,25). The monoisotopic (exact) mass is 374 g/mol. The zero-order valence-electron chi connectivity index (χ0n) is 15.2. The van der Waals surface area contributed by atoms with Gasteiger partial charge in [0.15, 0.2) is 17.2 Å². The summed E-state index contributed by atoms with van der Waals surface area (Å²) in [5.74, 6) is 0.264. The Morgan fingerprint density at radius 1 is 1.22 bits per heavy atom. The average Bonchev–Trinajstić information content (AvgIpc) is 2.70. The molecule has 1 saturated carbocycles. The molecule has 2 aromatic rings. The van der Waals surface area contributed by atoms with Crippen molar-refractivity contribution in [3.05, 3.63) is 47.8 Å². The number of hydrogen-bond donors (Lipinski definition) is 2. The van der Waals surface area contributed by atoms with Crippen molar-refractivity contribution in [1.29, 1.82) is 0 Å². The van der Waals surface area contributed by atoms with Gasteiger partial charge in [-0.05, 0) is 43.4 Å². The Morgan fingerprint density at radius 3 is 2.56 bits per heavy atom. The minimum Gasteiger partial charge on any atom is -0.503 e. The van der Waals surface area contributed by atoms with Crippen LogP contribution in [-0.4, -0.2) is 35.3 Å². The lowest BCUT2D eigenvalue weighted by molar-refractivity contribution is 0.0885. The van der Waals surface area contributed by atoms with Crippen molar-refractivity contribution in [2.24, 2.45) is 0 Å². The molecule has 2 N–H and O–H groups in total. The summed E-state index contributed by atoms with van der Waals surface area (Å²) in [5.41, 5.74) is 0.587. The van der Waals surface area contributed by atoms with E-state index in [0.717, 1.165) is 31.4 Å². The van der Waals surface area contributed by atoms with Crippen LogP contribution < -0.4 is 14.8 Å². The maximum atomic E-state index is 12.6. The number of aromatic nitrogens is 1. The van der Waals surface area contributed by atoms with Crippen molar-refractivity contribution in [3.63, 3.8) is 0 Å². The van der Waals surface area contributed by atoms with Gasteiger partial charge >= 0.3 is 0 Å². The summed E-state index contributed by atoms with van der Waals surface area (Å²) < 4.78 is 23.5. The first-order chi connectivity index (χ1) is 13.1. The second-order valence-electron chi connectivity index (χ2n) is 6.55. The van der Waals surface area contributed by atoms with E-state index in [4.69, 9.17) is 9.47 Å². The van der Waals surface area contributed by atoms with Crippen molar-refractivity contribution in [2.75, 3.05) is 7.11 Å². The fourth-order valence-corrected chi connectivity index (χ4v) is 3.20. The van der Waals surface area contributed by atoms with Gasteiger partial charge in [0.25, 0.3) is 5.91 Å². The van der Waals surface area contributed by atoms with Crippen LogP contribution in [0.15, 0.2) is 36.5 Å². The fraction of sp³-hybridized carbons (Fsp3) is 0.400. The fourth-order valence-electron chi connectivity index (χ4n) is 3.20. The predicted molar refractivity (Wildman–Crippen MR) is 97.8 cm³/mol. The number of halogens is 1. The number of hydrogen-bond acceptors (Lipinski definition) is 5. The molecule has 7 heteroatoms. The summed E-state index contributed by atoms with van der Waals surface area (Å²) >= 11 is 0. The average molecular weight is 374 g/mol. The zero-order chi connectivity index (χ0) is 19.2. The summed E-state index contributed by atoms with van der Waals surface area (Å²) in [6.45, 7) is -0.483. The summed E-state index contributed by atoms with van der Waals surface area (Å²) in [6.07, 6.45) is 4.62. The number of aromatic hydroxyl groups is 1. The highest BCUT2D eigenvalue weighted by Gasteiger charge is 2.25. The van der Waals surface area contributed by atoms with Crippen LogP contribution in [0.4, 0.5) is 4.39 Å². The summed E-state index contributed by atoms with van der Waals surface area (Å²) in [4.78, 5) is 16.3. The molecular weight excluding hydrogens is 351 g/mol. The second-order valence-corrected chi connectivity index (χ2v) is 6.55. The maximum Gasteiger partial charge on any atom is 0.274 e. The molecule has 0 atom stereocenters. The lowest BCUT2D eigenvalue weighted by atomic mass is 9.92. The molecular formula is C20H23FN2O4. The van der Waals surface area contributed by atoms with Crippen molar-refractivity contribution >= 4 is 5.91 Å². The normalized spacial score (nSPS) is 19.3. The predicted octanol–water partition coefficient (Wildman–Crippen LogP) is 3.39. The molecule has 1 amide bonds. The van der Waals surface area contributed by atoms with E-state index in [9.17, 15) is 14.3 Å². The number of ether oxygens (including phenoxy) is 2. The Morgan fingerprint density at radius 2 is 1.93 bits per heavy atom. The third-order valence-corrected chi connectivity index (χ3v) is 4.71. The topological polar surface area (TPSA) is 80.7 Å². The minimum atomic E-state index is -0.483. The van der Waals surface area contributed by atoms with E-state index in [1.165, 1.54) is 19.4 Å². The molecule has 0 spiro atoms. The number of rotatable bonds is 6. The minimum absolute atomic E-state index is 0.00124. The molecule has 1 aliphatic carbocycles. The number of alkyl halides is 1. The lowest BCUT2D eigenvalue weighted by Gasteiger charge is -2.29. The maximum absolute atomic E-state index is 12.6. The SMILES string of the molecule is COc1ccnc(C(=O)NC2CCC(Oc3ccc(CF)cc3)CC2)c1O. The Labute approximate surface area is 157 Å². The van der Waals surface area contributed by atoms with Gasteiger partial charge in [0.2, 0.25) is 0 Å². The summed E-state index contributed by atoms with van der Waals surface area (Å²) in [6, 6.07) is 8.48. The van der Waals surface area contributed by atoms with Crippen molar-refractivity contribution in [2.45, 2.75) is 44.5 Å². The Kier molecular flexibility index (Phi) is 6.11. The first kappa shape index (κ1) is 18.9. The highest BCUT2D eigenvalue weighted by Crippen LogP contribution is 2.28. The quantitative estimate of drug-likeness (QED) is 0.810. The van der Waals surface area contributed by atoms with Gasteiger partial charge in [0, 0.05) is 18.3 Å². The number of carbonyl (C=O) groups excluding carboxylic acids is 1. The molecule has 3 rings (SSSR count). The van der Waals surface area contributed by atoms with E-state index >= 15 is 0 Å². The van der Waals surface area contributed by atoms with Crippen molar-refractivity contribution in [1.82, 2.24) is 10.3 Å². The van der Waals surface area contributed by atoms with Crippen LogP contribution in [0.2, 0.25) is 0 Å². The highest BCUT2D eigenvalue weighted by molar-refractivity contribution is 5.95. The number of nitrogens with one attached hydrogen (secondary N) is 1. The van der Waals surface area contributed by atoms with E-state index in [1.807, 2.05) is 0 Å². The number of methoxy groups -OCH3 is 1. The number of pyridine rings is 1. The van der Waals surface area contributed by atoms with Crippen LogP contribution in [0.3, 0.4) is 0 Å². The summed E-state index contributed by atoms with van der Waals surface area (Å²) in [5, 5.41) is 13.0. The Bertz CT molecular complexity index is 774. The molecule has 1 fully saturated rings. The van der Waals surface area contributed by atoms with Gasteiger partial charge in [-0.3, -0.25) is 4.79 Å². The van der Waals surface area contributed by atoms with Gasteiger partial charge in [0.1, 0.15) is 12.4 Å². The first-order valence-corrected chi connectivity index (χ1v) is 8.95. The molecule has 6 nitrogen and oxygen atoms in total. The van der Waals surface area contributed by atoms with E-state index in [-0.39, 0.29) is 29.3 Å². The van der Waals surface area contributed by atoms with Gasteiger partial charge in [-0.2, -0.15) is 0 Å². The lowest BCUT2D eigenvalue weighted by Crippen LogP contribution is -2.40. The summed E-state index contributed by atoms with van der Waals surface area (Å²) in [7, 11) is 1.42. The van der Waals surface area contributed by atoms with Gasteiger partial charge in [0.05, 0.1) is 13.2 Å². The third-order valence-electron chi connectivity index (χ3n) is 4.71. The second kappa shape index (κ2) is 8.70. The molecule has 0 radical (unpaired) electrons.